The van der Waals surface area contributed by atoms with E-state index < -0.39 is 5.82 Å². The molecule has 1 unspecified atom stereocenters. The Morgan fingerprint density at radius 1 is 1.50 bits per heavy atom. The van der Waals surface area contributed by atoms with E-state index in [1.165, 1.54) is 0 Å². The van der Waals surface area contributed by atoms with Crippen LogP contribution >= 0.6 is 11.8 Å². The number of hydrogen-bond donors (Lipinski definition) is 1. The average molecular weight is 215 g/mol. The van der Waals surface area contributed by atoms with E-state index in [1.54, 1.807) is 0 Å². The van der Waals surface area contributed by atoms with Gasteiger partial charge < -0.3 is 5.32 Å². The summed E-state index contributed by atoms with van der Waals surface area (Å²) in [6.45, 7) is 4.17. The lowest BCUT2D eigenvalue weighted by atomic mass is 10.4. The first-order chi connectivity index (χ1) is 6.72. The van der Waals surface area contributed by atoms with Crippen molar-refractivity contribution in [3.05, 3.63) is 18.2 Å². The van der Waals surface area contributed by atoms with Crippen molar-refractivity contribution < 1.29 is 4.39 Å². The van der Waals surface area contributed by atoms with E-state index in [2.05, 4.69) is 29.1 Å². The lowest BCUT2D eigenvalue weighted by Crippen LogP contribution is -2.19. The third-order valence-electron chi connectivity index (χ3n) is 1.57. The first kappa shape index (κ1) is 11.2. The second-order valence-electron chi connectivity index (χ2n) is 2.93. The van der Waals surface area contributed by atoms with Crippen LogP contribution in [0.25, 0.3) is 0 Å². The first-order valence-electron chi connectivity index (χ1n) is 4.54. The fourth-order valence-electron chi connectivity index (χ4n) is 0.943. The molecule has 14 heavy (non-hydrogen) atoms. The number of hydrogen-bond acceptors (Lipinski definition) is 4. The largest absolute Gasteiger partial charge is 0.351 e. The fourth-order valence-corrected chi connectivity index (χ4v) is 1.62. The number of anilines is 1. The zero-order chi connectivity index (χ0) is 10.4. The van der Waals surface area contributed by atoms with Gasteiger partial charge in [-0.1, -0.05) is 6.92 Å². The molecule has 0 aromatic carbocycles. The molecule has 78 valence electrons. The predicted molar refractivity (Wildman–Crippen MR) is 58.1 cm³/mol. The maximum atomic E-state index is 12.5. The second-order valence-corrected chi connectivity index (χ2v) is 4.25. The highest BCUT2D eigenvalue weighted by atomic mass is 32.2. The Kier molecular flexibility index (Phi) is 4.65. The highest BCUT2D eigenvalue weighted by Crippen LogP contribution is 2.06. The molecule has 0 saturated heterocycles. The van der Waals surface area contributed by atoms with Crippen molar-refractivity contribution in [2.45, 2.75) is 19.9 Å². The van der Waals surface area contributed by atoms with Gasteiger partial charge >= 0.3 is 0 Å². The molecule has 0 saturated carbocycles. The molecule has 5 heteroatoms. The molecule has 1 heterocycles. The van der Waals surface area contributed by atoms with Crippen molar-refractivity contribution in [2.75, 3.05) is 16.8 Å². The lowest BCUT2D eigenvalue weighted by Gasteiger charge is -2.12. The Bertz CT molecular complexity index is 265. The lowest BCUT2D eigenvalue weighted by molar-refractivity contribution is 0.613. The SMILES string of the molecule is CCSCC(C)Nc1ncc(F)cn1. The number of nitrogens with one attached hydrogen (secondary N) is 1. The van der Waals surface area contributed by atoms with Gasteiger partial charge in [0.2, 0.25) is 5.95 Å². The zero-order valence-electron chi connectivity index (χ0n) is 8.33. The summed E-state index contributed by atoms with van der Waals surface area (Å²) in [5, 5.41) is 3.09. The van der Waals surface area contributed by atoms with E-state index in [4.69, 9.17) is 0 Å². The highest BCUT2D eigenvalue weighted by Gasteiger charge is 2.03. The smallest absolute Gasteiger partial charge is 0.223 e. The normalized spacial score (nSPS) is 12.5. The van der Waals surface area contributed by atoms with Gasteiger partial charge in [-0.3, -0.25) is 0 Å². The zero-order valence-corrected chi connectivity index (χ0v) is 9.14. The molecule has 0 fully saturated rings. The third kappa shape index (κ3) is 3.91. The maximum absolute atomic E-state index is 12.5. The molecule has 0 aliphatic heterocycles. The van der Waals surface area contributed by atoms with Crippen LogP contribution in [0.15, 0.2) is 12.4 Å². The molecule has 0 amide bonds. The van der Waals surface area contributed by atoms with Crippen molar-refractivity contribution in [3.8, 4) is 0 Å². The molecule has 3 nitrogen and oxygen atoms in total. The molecular weight excluding hydrogens is 201 g/mol. The maximum Gasteiger partial charge on any atom is 0.223 e. The van der Waals surface area contributed by atoms with Gasteiger partial charge in [0.25, 0.3) is 0 Å². The van der Waals surface area contributed by atoms with Crippen LogP contribution in [-0.4, -0.2) is 27.5 Å². The Morgan fingerprint density at radius 3 is 2.71 bits per heavy atom. The minimum Gasteiger partial charge on any atom is -0.351 e. The second kappa shape index (κ2) is 5.80. The first-order valence-corrected chi connectivity index (χ1v) is 5.69. The monoisotopic (exact) mass is 215 g/mol. The standard InChI is InChI=1S/C9H14FN3S/c1-3-14-6-7(2)13-9-11-4-8(10)5-12-9/h4-5,7H,3,6H2,1-2H3,(H,11,12,13). The van der Waals surface area contributed by atoms with E-state index in [0.29, 0.717) is 12.0 Å². The summed E-state index contributed by atoms with van der Waals surface area (Å²) in [5.41, 5.74) is 0. The van der Waals surface area contributed by atoms with E-state index >= 15 is 0 Å². The van der Waals surface area contributed by atoms with Gasteiger partial charge in [0, 0.05) is 11.8 Å². The molecule has 0 radical (unpaired) electrons. The number of aromatic nitrogens is 2. The van der Waals surface area contributed by atoms with Gasteiger partial charge in [-0.2, -0.15) is 11.8 Å². The van der Waals surface area contributed by atoms with Crippen LogP contribution in [0.2, 0.25) is 0 Å². The summed E-state index contributed by atoms with van der Waals surface area (Å²) in [6, 6.07) is 0.297. The summed E-state index contributed by atoms with van der Waals surface area (Å²) in [6.07, 6.45) is 2.32. The Balaban J connectivity index is 2.39. The van der Waals surface area contributed by atoms with Crippen molar-refractivity contribution in [1.82, 2.24) is 9.97 Å². The van der Waals surface area contributed by atoms with E-state index in [-0.39, 0.29) is 0 Å². The Morgan fingerprint density at radius 2 is 2.14 bits per heavy atom. The van der Waals surface area contributed by atoms with E-state index in [1.807, 2.05) is 11.8 Å². The molecule has 0 spiro atoms. The van der Waals surface area contributed by atoms with Gasteiger partial charge in [-0.25, -0.2) is 14.4 Å². The predicted octanol–water partition coefficient (Wildman–Crippen LogP) is 2.17. The fraction of sp³-hybridized carbons (Fsp3) is 0.556. The van der Waals surface area contributed by atoms with Crippen LogP contribution in [-0.2, 0) is 0 Å². The van der Waals surface area contributed by atoms with Crippen LogP contribution in [0.5, 0.6) is 0 Å². The number of halogens is 1. The average Bonchev–Trinajstić information content (AvgIpc) is 2.18. The topological polar surface area (TPSA) is 37.8 Å². The van der Waals surface area contributed by atoms with Gasteiger partial charge in [0.1, 0.15) is 0 Å². The van der Waals surface area contributed by atoms with Crippen molar-refractivity contribution in [3.63, 3.8) is 0 Å². The van der Waals surface area contributed by atoms with Crippen molar-refractivity contribution in [2.24, 2.45) is 0 Å². The van der Waals surface area contributed by atoms with Crippen molar-refractivity contribution in [1.29, 1.82) is 0 Å². The third-order valence-corrected chi connectivity index (χ3v) is 2.71. The van der Waals surface area contributed by atoms with Gasteiger partial charge in [-0.15, -0.1) is 0 Å². The number of rotatable bonds is 5. The highest BCUT2D eigenvalue weighted by molar-refractivity contribution is 7.99. The van der Waals surface area contributed by atoms with Gasteiger partial charge in [-0.05, 0) is 12.7 Å². The molecule has 1 N–H and O–H groups in total. The molecular formula is C9H14FN3S. The van der Waals surface area contributed by atoms with Crippen LogP contribution in [0, 0.1) is 5.82 Å². The molecule has 1 aromatic heterocycles. The quantitative estimate of drug-likeness (QED) is 0.817. The molecule has 0 aliphatic rings. The minimum atomic E-state index is -0.411. The molecule has 1 atom stereocenters. The summed E-state index contributed by atoms with van der Waals surface area (Å²) in [7, 11) is 0. The Labute approximate surface area is 87.5 Å². The summed E-state index contributed by atoms with van der Waals surface area (Å²) in [5.74, 6) is 2.16. The summed E-state index contributed by atoms with van der Waals surface area (Å²) < 4.78 is 12.5. The van der Waals surface area contributed by atoms with Crippen LogP contribution in [0.4, 0.5) is 10.3 Å². The van der Waals surface area contributed by atoms with Gasteiger partial charge in [0.15, 0.2) is 5.82 Å². The summed E-state index contributed by atoms with van der Waals surface area (Å²) >= 11 is 1.85. The van der Waals surface area contributed by atoms with Gasteiger partial charge in [0.05, 0.1) is 12.4 Å². The minimum absolute atomic E-state index is 0.297. The van der Waals surface area contributed by atoms with E-state index in [0.717, 1.165) is 23.9 Å². The van der Waals surface area contributed by atoms with Crippen molar-refractivity contribution >= 4 is 17.7 Å². The summed E-state index contributed by atoms with van der Waals surface area (Å²) in [4.78, 5) is 7.64. The number of thioether (sulfide) groups is 1. The molecule has 1 rings (SSSR count). The molecule has 1 aromatic rings. The van der Waals surface area contributed by atoms with Crippen LogP contribution in [0.1, 0.15) is 13.8 Å². The Hall–Kier alpha value is -0.840. The molecule has 0 aliphatic carbocycles. The van der Waals surface area contributed by atoms with Crippen LogP contribution < -0.4 is 5.32 Å². The molecule has 0 bridgehead atoms. The van der Waals surface area contributed by atoms with E-state index in [9.17, 15) is 4.39 Å². The van der Waals surface area contributed by atoms with Crippen LogP contribution in [0.3, 0.4) is 0 Å². The number of nitrogens with zero attached hydrogens (tertiary/aromatic N) is 2.